The average Bonchev–Trinajstić information content (AvgIpc) is 2.47. The van der Waals surface area contributed by atoms with Gasteiger partial charge in [0.15, 0.2) is 0 Å². The monoisotopic (exact) mass is 295 g/mol. The van der Waals surface area contributed by atoms with Crippen molar-refractivity contribution >= 4 is 5.69 Å². The molecule has 2 nitrogen and oxygen atoms in total. The highest BCUT2D eigenvalue weighted by Crippen LogP contribution is 2.47. The lowest BCUT2D eigenvalue weighted by Gasteiger charge is -2.45. The Hall–Kier alpha value is -1.96. The minimum atomic E-state index is 0.0100. The van der Waals surface area contributed by atoms with Crippen LogP contribution in [0, 0.1) is 0 Å². The molecule has 0 saturated heterocycles. The van der Waals surface area contributed by atoms with E-state index in [2.05, 4.69) is 74.6 Å². The highest BCUT2D eigenvalue weighted by molar-refractivity contribution is 5.62. The fourth-order valence-electron chi connectivity index (χ4n) is 3.80. The lowest BCUT2D eigenvalue weighted by Crippen LogP contribution is -2.45. The Morgan fingerprint density at radius 2 is 1.68 bits per heavy atom. The minimum Gasteiger partial charge on any atom is -0.494 e. The fourth-order valence-corrected chi connectivity index (χ4v) is 3.80. The van der Waals surface area contributed by atoms with E-state index in [1.165, 1.54) is 16.8 Å². The van der Waals surface area contributed by atoms with Gasteiger partial charge in [-0.05, 0) is 56.5 Å². The van der Waals surface area contributed by atoms with E-state index in [-0.39, 0.29) is 11.0 Å². The highest BCUT2D eigenvalue weighted by atomic mass is 16.5. The third kappa shape index (κ3) is 2.58. The summed E-state index contributed by atoms with van der Waals surface area (Å²) in [7, 11) is 0. The first-order valence-corrected chi connectivity index (χ1v) is 8.06. The quantitative estimate of drug-likeness (QED) is 0.861. The van der Waals surface area contributed by atoms with Crippen LogP contribution in [-0.4, -0.2) is 12.1 Å². The first kappa shape index (κ1) is 15.0. The molecule has 0 radical (unpaired) electrons. The van der Waals surface area contributed by atoms with Gasteiger partial charge in [0.25, 0.3) is 0 Å². The van der Waals surface area contributed by atoms with E-state index >= 15 is 0 Å². The van der Waals surface area contributed by atoms with Gasteiger partial charge in [0.05, 0.1) is 6.61 Å². The zero-order chi connectivity index (χ0) is 15.8. The van der Waals surface area contributed by atoms with Crippen LogP contribution in [0.5, 0.6) is 5.75 Å². The molecular weight excluding hydrogens is 270 g/mol. The van der Waals surface area contributed by atoms with Crippen LogP contribution in [0.3, 0.4) is 0 Å². The second kappa shape index (κ2) is 5.35. The molecular formula is C20H25NO. The molecule has 116 valence electrons. The molecule has 1 aliphatic heterocycles. The normalized spacial score (nSPS) is 22.5. The Kier molecular flexibility index (Phi) is 3.64. The molecule has 0 amide bonds. The van der Waals surface area contributed by atoms with Crippen molar-refractivity contribution in [3.63, 3.8) is 0 Å². The van der Waals surface area contributed by atoms with Crippen molar-refractivity contribution in [3.8, 4) is 5.75 Å². The second-order valence-electron chi connectivity index (χ2n) is 7.02. The van der Waals surface area contributed by atoms with Gasteiger partial charge in [0, 0.05) is 16.6 Å². The van der Waals surface area contributed by atoms with Gasteiger partial charge < -0.3 is 10.1 Å². The molecule has 0 aromatic heterocycles. The van der Waals surface area contributed by atoms with Crippen molar-refractivity contribution in [3.05, 3.63) is 59.7 Å². The molecule has 0 aliphatic carbocycles. The third-order valence-electron chi connectivity index (χ3n) is 4.59. The number of benzene rings is 2. The summed E-state index contributed by atoms with van der Waals surface area (Å²) in [5.74, 6) is 0.941. The van der Waals surface area contributed by atoms with Crippen molar-refractivity contribution in [2.75, 3.05) is 11.9 Å². The Morgan fingerprint density at radius 1 is 1.00 bits per heavy atom. The van der Waals surface area contributed by atoms with Gasteiger partial charge in [-0.25, -0.2) is 0 Å². The van der Waals surface area contributed by atoms with Gasteiger partial charge in [0.2, 0.25) is 0 Å². The number of hydrogen-bond acceptors (Lipinski definition) is 2. The molecule has 0 saturated carbocycles. The van der Waals surface area contributed by atoms with Crippen LogP contribution in [0.2, 0.25) is 0 Å². The zero-order valence-corrected chi connectivity index (χ0v) is 13.9. The smallest absolute Gasteiger partial charge is 0.119 e. The van der Waals surface area contributed by atoms with Gasteiger partial charge in [-0.3, -0.25) is 0 Å². The number of nitrogens with one attached hydrogen (secondary N) is 1. The Labute approximate surface area is 133 Å². The number of fused-ring (bicyclic) bond motifs is 1. The molecule has 3 rings (SSSR count). The number of anilines is 1. The summed E-state index contributed by atoms with van der Waals surface area (Å²) in [6.07, 6.45) is 1.06. The van der Waals surface area contributed by atoms with Gasteiger partial charge in [-0.2, -0.15) is 0 Å². The first-order chi connectivity index (χ1) is 10.4. The van der Waals surface area contributed by atoms with E-state index in [1.807, 2.05) is 6.92 Å². The van der Waals surface area contributed by atoms with Crippen molar-refractivity contribution in [2.24, 2.45) is 0 Å². The first-order valence-electron chi connectivity index (χ1n) is 8.06. The predicted octanol–water partition coefficient (Wildman–Crippen LogP) is 4.99. The van der Waals surface area contributed by atoms with Gasteiger partial charge in [-0.1, -0.05) is 37.3 Å². The molecule has 0 spiro atoms. The molecule has 2 heteroatoms. The summed E-state index contributed by atoms with van der Waals surface area (Å²) >= 11 is 0. The maximum atomic E-state index is 5.58. The third-order valence-corrected chi connectivity index (χ3v) is 4.59. The predicted molar refractivity (Wildman–Crippen MR) is 92.8 cm³/mol. The van der Waals surface area contributed by atoms with E-state index in [4.69, 9.17) is 4.74 Å². The molecule has 22 heavy (non-hydrogen) atoms. The SMILES string of the molecule is CCOc1ccc(C2(C)CC(C)(C)Nc3ccccc32)cc1. The van der Waals surface area contributed by atoms with Crippen LogP contribution in [0.4, 0.5) is 5.69 Å². The van der Waals surface area contributed by atoms with E-state index in [0.29, 0.717) is 6.61 Å². The zero-order valence-electron chi connectivity index (χ0n) is 13.9. The number of para-hydroxylation sites is 1. The van der Waals surface area contributed by atoms with Gasteiger partial charge in [-0.15, -0.1) is 0 Å². The maximum absolute atomic E-state index is 5.58. The van der Waals surface area contributed by atoms with Gasteiger partial charge in [0.1, 0.15) is 5.75 Å². The van der Waals surface area contributed by atoms with Crippen LogP contribution < -0.4 is 10.1 Å². The summed E-state index contributed by atoms with van der Waals surface area (Å²) < 4.78 is 5.58. The molecule has 1 aliphatic rings. The van der Waals surface area contributed by atoms with Crippen LogP contribution >= 0.6 is 0 Å². The lowest BCUT2D eigenvalue weighted by atomic mass is 9.66. The van der Waals surface area contributed by atoms with Crippen molar-refractivity contribution in [1.82, 2.24) is 0 Å². The van der Waals surface area contributed by atoms with Crippen LogP contribution in [0.25, 0.3) is 0 Å². The summed E-state index contributed by atoms with van der Waals surface area (Å²) in [4.78, 5) is 0. The molecule has 0 bridgehead atoms. The van der Waals surface area contributed by atoms with E-state index in [0.717, 1.165) is 12.2 Å². The maximum Gasteiger partial charge on any atom is 0.119 e. The molecule has 1 unspecified atom stereocenters. The van der Waals surface area contributed by atoms with E-state index in [9.17, 15) is 0 Å². The van der Waals surface area contributed by atoms with Crippen LogP contribution in [0.1, 0.15) is 45.2 Å². The molecule has 1 N–H and O–H groups in total. The van der Waals surface area contributed by atoms with Crippen molar-refractivity contribution in [1.29, 1.82) is 0 Å². The molecule has 1 heterocycles. The van der Waals surface area contributed by atoms with Crippen LogP contribution in [0.15, 0.2) is 48.5 Å². The molecule has 2 aromatic carbocycles. The Balaban J connectivity index is 2.07. The van der Waals surface area contributed by atoms with Crippen molar-refractivity contribution < 1.29 is 4.74 Å². The number of hydrogen-bond donors (Lipinski definition) is 1. The molecule has 0 fully saturated rings. The Morgan fingerprint density at radius 3 is 2.36 bits per heavy atom. The summed E-state index contributed by atoms with van der Waals surface area (Å²) in [5, 5.41) is 3.67. The fraction of sp³-hybridized carbons (Fsp3) is 0.400. The number of ether oxygens (including phenoxy) is 1. The average molecular weight is 295 g/mol. The standard InChI is InChI=1S/C20H25NO/c1-5-22-16-12-10-15(11-13-16)20(4)14-19(2,3)21-18-9-7-6-8-17(18)20/h6-13,21H,5,14H2,1-4H3. The van der Waals surface area contributed by atoms with Crippen LogP contribution in [-0.2, 0) is 5.41 Å². The van der Waals surface area contributed by atoms with Crippen molar-refractivity contribution in [2.45, 2.75) is 45.1 Å². The molecule has 1 atom stereocenters. The number of rotatable bonds is 3. The summed E-state index contributed by atoms with van der Waals surface area (Å²) in [6, 6.07) is 17.3. The lowest BCUT2D eigenvalue weighted by molar-refractivity contribution is 0.339. The van der Waals surface area contributed by atoms with E-state index < -0.39 is 0 Å². The highest BCUT2D eigenvalue weighted by Gasteiger charge is 2.41. The largest absolute Gasteiger partial charge is 0.494 e. The summed E-state index contributed by atoms with van der Waals surface area (Å²) in [6.45, 7) is 9.62. The van der Waals surface area contributed by atoms with Gasteiger partial charge >= 0.3 is 0 Å². The van der Waals surface area contributed by atoms with E-state index in [1.54, 1.807) is 0 Å². The minimum absolute atomic E-state index is 0.0100. The molecule has 2 aromatic rings. The topological polar surface area (TPSA) is 21.3 Å². The second-order valence-corrected chi connectivity index (χ2v) is 7.02. The summed E-state index contributed by atoms with van der Waals surface area (Å²) in [5.41, 5.74) is 4.05. The Bertz CT molecular complexity index is 660.